The van der Waals surface area contributed by atoms with Gasteiger partial charge in [0, 0.05) is 17.3 Å². The second-order valence-corrected chi connectivity index (χ2v) is 8.44. The quantitative estimate of drug-likeness (QED) is 0.635. The summed E-state index contributed by atoms with van der Waals surface area (Å²) in [6.07, 6.45) is 4.48. The van der Waals surface area contributed by atoms with Crippen LogP contribution in [-0.4, -0.2) is 21.6 Å². The average molecular weight is 407 g/mol. The van der Waals surface area contributed by atoms with Crippen LogP contribution in [-0.2, 0) is 17.6 Å². The van der Waals surface area contributed by atoms with Gasteiger partial charge in [-0.3, -0.25) is 4.79 Å². The molecule has 2 heterocycles. The molecule has 0 aliphatic heterocycles. The highest BCUT2D eigenvalue weighted by Crippen LogP contribution is 2.34. The van der Waals surface area contributed by atoms with Gasteiger partial charge in [0.2, 0.25) is 5.91 Å². The maximum absolute atomic E-state index is 12.1. The van der Waals surface area contributed by atoms with Crippen LogP contribution in [0, 0.1) is 11.3 Å². The van der Waals surface area contributed by atoms with E-state index in [1.54, 1.807) is 6.20 Å². The number of fused-ring (bicyclic) bond motifs is 1. The molecule has 5 nitrogen and oxygen atoms in total. The number of rotatable bonds is 5. The largest absolute Gasteiger partial charge is 0.301 e. The first-order chi connectivity index (χ1) is 13.7. The first-order valence-corrected chi connectivity index (χ1v) is 10.9. The lowest BCUT2D eigenvalue weighted by Crippen LogP contribution is -2.16. The van der Waals surface area contributed by atoms with Gasteiger partial charge in [-0.2, -0.15) is 5.26 Å². The molecule has 7 heteroatoms. The predicted molar refractivity (Wildman–Crippen MR) is 112 cm³/mol. The van der Waals surface area contributed by atoms with E-state index in [4.69, 9.17) is 4.98 Å². The van der Waals surface area contributed by atoms with Crippen molar-refractivity contribution in [1.29, 1.82) is 5.26 Å². The van der Waals surface area contributed by atoms with Gasteiger partial charge < -0.3 is 5.32 Å². The van der Waals surface area contributed by atoms with Gasteiger partial charge in [0.05, 0.1) is 11.3 Å². The van der Waals surface area contributed by atoms with Crippen LogP contribution in [0.15, 0.2) is 53.0 Å². The highest BCUT2D eigenvalue weighted by molar-refractivity contribution is 8.00. The molecule has 28 heavy (non-hydrogen) atoms. The number of nitriles is 1. The van der Waals surface area contributed by atoms with Crippen LogP contribution in [0.5, 0.6) is 0 Å². The number of thioether (sulfide) groups is 1. The van der Waals surface area contributed by atoms with Crippen molar-refractivity contribution in [2.45, 2.75) is 30.2 Å². The van der Waals surface area contributed by atoms with E-state index in [2.05, 4.69) is 40.6 Å². The Bertz CT molecular complexity index is 1010. The molecule has 1 N–H and O–H groups in total. The Morgan fingerprint density at radius 3 is 2.96 bits per heavy atom. The van der Waals surface area contributed by atoms with Gasteiger partial charge in [-0.05, 0) is 42.4 Å². The normalized spacial score (nSPS) is 15.5. The highest BCUT2D eigenvalue weighted by atomic mass is 32.2. The van der Waals surface area contributed by atoms with E-state index in [9.17, 15) is 10.1 Å². The number of aromatic nitrogens is 2. The number of nitrogens with zero attached hydrogens (tertiary/aromatic N) is 3. The topological polar surface area (TPSA) is 78.7 Å². The van der Waals surface area contributed by atoms with Gasteiger partial charge in [0.1, 0.15) is 11.1 Å². The maximum Gasteiger partial charge on any atom is 0.236 e. The fraction of sp³-hybridized carbons (Fsp3) is 0.238. The number of amides is 1. The molecule has 0 spiro atoms. The van der Waals surface area contributed by atoms with Crippen molar-refractivity contribution in [3.63, 3.8) is 0 Å². The third kappa shape index (κ3) is 4.24. The average Bonchev–Trinajstić information content (AvgIpc) is 3.24. The molecule has 1 amide bonds. The van der Waals surface area contributed by atoms with E-state index in [1.807, 2.05) is 17.5 Å². The van der Waals surface area contributed by atoms with Crippen molar-refractivity contribution in [3.8, 4) is 6.07 Å². The maximum atomic E-state index is 12.1. The zero-order valence-corrected chi connectivity index (χ0v) is 16.7. The molecule has 140 valence electrons. The summed E-state index contributed by atoms with van der Waals surface area (Å²) < 4.78 is 0. The summed E-state index contributed by atoms with van der Waals surface area (Å²) in [6, 6.07) is 14.7. The van der Waals surface area contributed by atoms with Crippen molar-refractivity contribution in [2.24, 2.45) is 0 Å². The minimum Gasteiger partial charge on any atom is -0.301 e. The summed E-state index contributed by atoms with van der Waals surface area (Å²) >= 11 is 2.68. The number of carbonyl (C=O) groups is 1. The molecule has 0 fully saturated rings. The van der Waals surface area contributed by atoms with Crippen molar-refractivity contribution in [1.82, 2.24) is 9.97 Å². The summed E-state index contributed by atoms with van der Waals surface area (Å²) in [4.78, 5) is 20.9. The zero-order chi connectivity index (χ0) is 19.3. The Morgan fingerprint density at radius 2 is 2.21 bits per heavy atom. The van der Waals surface area contributed by atoms with Crippen molar-refractivity contribution in [2.75, 3.05) is 11.1 Å². The second-order valence-electron chi connectivity index (χ2n) is 6.58. The standard InChI is InChI=1S/C21H18N4OS2/c22-12-17-11-16-10-15(14-4-2-1-3-5-14)6-7-18(16)24-20(17)28-13-19(26)25-21-23-8-9-27-21/h1-5,8-9,11,15H,6-7,10,13H2,(H,23,25,26)/t15-/m0/s1. The Labute approximate surface area is 171 Å². The molecule has 0 radical (unpaired) electrons. The Balaban J connectivity index is 1.47. The number of nitrogens with one attached hydrogen (secondary N) is 1. The SMILES string of the molecule is N#Cc1cc2c(nc1SCC(=O)Nc1nccs1)CC[C@H](c1ccccc1)C2. The summed E-state index contributed by atoms with van der Waals surface area (Å²) in [7, 11) is 0. The molecule has 4 rings (SSSR count). The van der Waals surface area contributed by atoms with E-state index in [-0.39, 0.29) is 11.7 Å². The van der Waals surface area contributed by atoms with Crippen molar-refractivity contribution >= 4 is 34.1 Å². The second kappa shape index (κ2) is 8.55. The molecule has 0 bridgehead atoms. The monoisotopic (exact) mass is 406 g/mol. The molecule has 2 aromatic heterocycles. The van der Waals surface area contributed by atoms with Crippen LogP contribution in [0.1, 0.15) is 34.7 Å². The van der Waals surface area contributed by atoms with Crippen molar-refractivity contribution in [3.05, 3.63) is 70.4 Å². The molecular weight excluding hydrogens is 388 g/mol. The first-order valence-electron chi connectivity index (χ1n) is 9.03. The number of hydrogen-bond acceptors (Lipinski definition) is 6. The van der Waals surface area contributed by atoms with Crippen LogP contribution in [0.3, 0.4) is 0 Å². The van der Waals surface area contributed by atoms with E-state index in [1.165, 1.54) is 28.7 Å². The Hall–Kier alpha value is -2.69. The number of carbonyl (C=O) groups excluding carboxylic acids is 1. The molecule has 0 saturated heterocycles. The molecule has 1 aromatic carbocycles. The number of aryl methyl sites for hydroxylation is 1. The molecule has 1 aliphatic carbocycles. The summed E-state index contributed by atoms with van der Waals surface area (Å²) in [6.45, 7) is 0. The van der Waals surface area contributed by atoms with Crippen LogP contribution in [0.4, 0.5) is 5.13 Å². The fourth-order valence-corrected chi connectivity index (χ4v) is 4.74. The molecular formula is C21H18N4OS2. The number of anilines is 1. The van der Waals surface area contributed by atoms with Crippen LogP contribution in [0.25, 0.3) is 0 Å². The molecule has 3 aromatic rings. The van der Waals surface area contributed by atoms with Gasteiger partial charge in [-0.1, -0.05) is 42.1 Å². The number of pyridine rings is 1. The third-order valence-corrected chi connectivity index (χ3v) is 6.44. The number of hydrogen-bond donors (Lipinski definition) is 1. The Morgan fingerprint density at radius 1 is 1.36 bits per heavy atom. The van der Waals surface area contributed by atoms with Crippen LogP contribution >= 0.6 is 23.1 Å². The third-order valence-electron chi connectivity index (χ3n) is 4.76. The van der Waals surface area contributed by atoms with Crippen LogP contribution in [0.2, 0.25) is 0 Å². The Kier molecular flexibility index (Phi) is 5.70. The van der Waals surface area contributed by atoms with Crippen molar-refractivity contribution < 1.29 is 4.79 Å². The predicted octanol–water partition coefficient (Wildman–Crippen LogP) is 4.41. The van der Waals surface area contributed by atoms with E-state index < -0.39 is 0 Å². The number of thiazole rings is 1. The molecule has 0 unspecified atom stereocenters. The summed E-state index contributed by atoms with van der Waals surface area (Å²) in [5, 5.41) is 15.3. The zero-order valence-electron chi connectivity index (χ0n) is 15.1. The number of benzene rings is 1. The van der Waals surface area contributed by atoms with Gasteiger partial charge in [0.15, 0.2) is 5.13 Å². The molecule has 1 atom stereocenters. The van der Waals surface area contributed by atoms with Gasteiger partial charge in [0.25, 0.3) is 0 Å². The summed E-state index contributed by atoms with van der Waals surface area (Å²) in [5.74, 6) is 0.518. The smallest absolute Gasteiger partial charge is 0.236 e. The van der Waals surface area contributed by atoms with E-state index in [0.717, 1.165) is 30.5 Å². The highest BCUT2D eigenvalue weighted by Gasteiger charge is 2.23. The van der Waals surface area contributed by atoms with Gasteiger partial charge in [-0.25, -0.2) is 9.97 Å². The minimum absolute atomic E-state index is 0.146. The molecule has 1 aliphatic rings. The minimum atomic E-state index is -0.146. The van der Waals surface area contributed by atoms with Crippen LogP contribution < -0.4 is 5.32 Å². The lowest BCUT2D eigenvalue weighted by Gasteiger charge is -2.25. The summed E-state index contributed by atoms with van der Waals surface area (Å²) in [5.41, 5.74) is 4.07. The van der Waals surface area contributed by atoms with E-state index >= 15 is 0 Å². The molecule has 0 saturated carbocycles. The van der Waals surface area contributed by atoms with Gasteiger partial charge in [-0.15, -0.1) is 11.3 Å². The lowest BCUT2D eigenvalue weighted by molar-refractivity contribution is -0.113. The van der Waals surface area contributed by atoms with Gasteiger partial charge >= 0.3 is 0 Å². The van der Waals surface area contributed by atoms with E-state index in [0.29, 0.717) is 21.6 Å². The lowest BCUT2D eigenvalue weighted by atomic mass is 9.82. The first kappa shape index (κ1) is 18.7. The fourth-order valence-electron chi connectivity index (χ4n) is 3.42.